The maximum absolute atomic E-state index is 12.1. The summed E-state index contributed by atoms with van der Waals surface area (Å²) in [5.41, 5.74) is 1.61. The van der Waals surface area contributed by atoms with Gasteiger partial charge < -0.3 is 10.4 Å². The number of carboxylic acid groups (broad SMARTS) is 1. The lowest BCUT2D eigenvalue weighted by Gasteiger charge is -2.05. The molecule has 0 saturated heterocycles. The number of carboxylic acids is 1. The molecular weight excluding hydrogens is 306 g/mol. The molecule has 3 rings (SSSR count). The highest BCUT2D eigenvalue weighted by molar-refractivity contribution is 6.06. The minimum atomic E-state index is -1.21. The quantitative estimate of drug-likeness (QED) is 0.642. The molecule has 6 heteroatoms. The van der Waals surface area contributed by atoms with Gasteiger partial charge in [-0.2, -0.15) is 5.10 Å². The number of benzene rings is 2. The first-order valence-corrected chi connectivity index (χ1v) is 7.30. The van der Waals surface area contributed by atoms with E-state index in [1.807, 2.05) is 49.4 Å². The van der Waals surface area contributed by atoms with Crippen LogP contribution in [0.5, 0.6) is 0 Å². The van der Waals surface area contributed by atoms with Crippen molar-refractivity contribution in [1.29, 1.82) is 0 Å². The number of hydrogen-bond acceptors (Lipinski definition) is 3. The maximum Gasteiger partial charge on any atom is 0.358 e. The molecule has 1 amide bonds. The first-order valence-electron chi connectivity index (χ1n) is 7.30. The number of H-pyrrole nitrogens is 1. The van der Waals surface area contributed by atoms with Crippen LogP contribution in [0.2, 0.25) is 0 Å². The van der Waals surface area contributed by atoms with E-state index >= 15 is 0 Å². The molecule has 0 radical (unpaired) electrons. The second kappa shape index (κ2) is 6.37. The lowest BCUT2D eigenvalue weighted by Crippen LogP contribution is -2.11. The molecule has 0 fully saturated rings. The van der Waals surface area contributed by atoms with Crippen molar-refractivity contribution in [3.63, 3.8) is 0 Å². The fourth-order valence-electron chi connectivity index (χ4n) is 2.43. The zero-order valence-electron chi connectivity index (χ0n) is 12.9. The highest BCUT2D eigenvalue weighted by Gasteiger charge is 2.14. The molecule has 120 valence electrons. The summed E-state index contributed by atoms with van der Waals surface area (Å²) in [6.07, 6.45) is 2.77. The summed E-state index contributed by atoms with van der Waals surface area (Å²) in [6, 6.07) is 13.9. The van der Waals surface area contributed by atoms with Gasteiger partial charge in [-0.15, -0.1) is 0 Å². The lowest BCUT2D eigenvalue weighted by molar-refractivity contribution is -0.111. The Labute approximate surface area is 137 Å². The molecule has 0 aliphatic heterocycles. The zero-order valence-corrected chi connectivity index (χ0v) is 12.9. The van der Waals surface area contributed by atoms with Crippen molar-refractivity contribution in [3.05, 3.63) is 66.0 Å². The smallest absolute Gasteiger partial charge is 0.358 e. The van der Waals surface area contributed by atoms with Crippen LogP contribution in [-0.4, -0.2) is 27.2 Å². The van der Waals surface area contributed by atoms with Gasteiger partial charge in [0.1, 0.15) is 0 Å². The van der Waals surface area contributed by atoms with Gasteiger partial charge in [0.15, 0.2) is 5.69 Å². The molecule has 0 aliphatic carbocycles. The number of rotatable bonds is 4. The van der Waals surface area contributed by atoms with Gasteiger partial charge in [-0.3, -0.25) is 9.89 Å². The minimum absolute atomic E-state index is 0.134. The van der Waals surface area contributed by atoms with E-state index in [4.69, 9.17) is 5.11 Å². The Hall–Kier alpha value is -3.41. The third-order valence-corrected chi connectivity index (χ3v) is 3.65. The van der Waals surface area contributed by atoms with Crippen LogP contribution in [0.1, 0.15) is 23.0 Å². The number of hydrogen-bond donors (Lipinski definition) is 3. The van der Waals surface area contributed by atoms with Crippen LogP contribution in [0.25, 0.3) is 16.3 Å². The Kier molecular flexibility index (Phi) is 4.11. The molecule has 3 N–H and O–H groups in total. The van der Waals surface area contributed by atoms with Crippen LogP contribution >= 0.6 is 0 Å². The molecule has 0 bridgehead atoms. The molecule has 2 aromatic carbocycles. The van der Waals surface area contributed by atoms with Crippen molar-refractivity contribution in [2.45, 2.75) is 6.92 Å². The third-order valence-electron chi connectivity index (χ3n) is 3.65. The summed E-state index contributed by atoms with van der Waals surface area (Å²) in [7, 11) is 0. The van der Waals surface area contributed by atoms with Gasteiger partial charge in [-0.1, -0.05) is 36.4 Å². The highest BCUT2D eigenvalue weighted by atomic mass is 16.4. The number of nitrogens with one attached hydrogen (secondary N) is 2. The molecule has 1 heterocycles. The van der Waals surface area contributed by atoms with Crippen LogP contribution in [0.4, 0.5) is 5.69 Å². The average molecular weight is 321 g/mol. The predicted molar refractivity (Wildman–Crippen MR) is 91.8 cm³/mol. The van der Waals surface area contributed by atoms with E-state index in [2.05, 4.69) is 15.5 Å². The summed E-state index contributed by atoms with van der Waals surface area (Å²) >= 11 is 0. The molecule has 0 saturated carbocycles. The topological polar surface area (TPSA) is 95.1 Å². The van der Waals surface area contributed by atoms with Gasteiger partial charge in [0, 0.05) is 12.3 Å². The van der Waals surface area contributed by atoms with Gasteiger partial charge in [0.05, 0.1) is 5.69 Å². The van der Waals surface area contributed by atoms with Crippen LogP contribution < -0.4 is 5.32 Å². The third kappa shape index (κ3) is 3.17. The second-order valence-electron chi connectivity index (χ2n) is 5.33. The minimum Gasteiger partial charge on any atom is -0.476 e. The second-order valence-corrected chi connectivity index (χ2v) is 5.33. The van der Waals surface area contributed by atoms with Crippen molar-refractivity contribution < 1.29 is 14.7 Å². The van der Waals surface area contributed by atoms with Crippen LogP contribution in [-0.2, 0) is 4.79 Å². The number of aromatic amines is 1. The van der Waals surface area contributed by atoms with Gasteiger partial charge in [-0.25, -0.2) is 4.79 Å². The molecule has 0 unspecified atom stereocenters. The van der Waals surface area contributed by atoms with Crippen molar-refractivity contribution in [3.8, 4) is 0 Å². The number of carbonyl (C=O) groups excluding carboxylic acids is 1. The fourth-order valence-corrected chi connectivity index (χ4v) is 2.43. The Balaban J connectivity index is 1.82. The first kappa shape index (κ1) is 15.5. The van der Waals surface area contributed by atoms with Gasteiger partial charge >= 0.3 is 5.97 Å². The standard InChI is InChI=1S/C18H15N3O3/c1-11(13-7-6-12-4-2-3-5-14(12)9-13)8-16(22)20-15-10-19-21-17(15)18(23)24/h2-10H,1H3,(H,19,21)(H,20,22)(H,23,24)/b11-8-. The summed E-state index contributed by atoms with van der Waals surface area (Å²) in [5.74, 6) is -1.62. The Morgan fingerprint density at radius 1 is 1.17 bits per heavy atom. The number of nitrogens with zero attached hydrogens (tertiary/aromatic N) is 1. The molecule has 0 atom stereocenters. The molecule has 6 nitrogen and oxygen atoms in total. The van der Waals surface area contributed by atoms with Crippen molar-refractivity contribution in [2.24, 2.45) is 0 Å². The van der Waals surface area contributed by atoms with Crippen molar-refractivity contribution in [2.75, 3.05) is 5.32 Å². The number of carbonyl (C=O) groups is 2. The average Bonchev–Trinajstić information content (AvgIpc) is 3.02. The SMILES string of the molecule is C/C(=C/C(=O)Nc1c[nH]nc1C(=O)O)c1ccc2ccccc2c1. The van der Waals surface area contributed by atoms with Gasteiger partial charge in [0.2, 0.25) is 5.91 Å². The summed E-state index contributed by atoms with van der Waals surface area (Å²) in [5, 5.41) is 19.7. The van der Waals surface area contributed by atoms with Gasteiger partial charge in [-0.05, 0) is 34.9 Å². The number of amides is 1. The predicted octanol–water partition coefficient (Wildman–Crippen LogP) is 3.30. The Morgan fingerprint density at radius 2 is 1.92 bits per heavy atom. The monoisotopic (exact) mass is 321 g/mol. The number of aromatic carboxylic acids is 1. The Bertz CT molecular complexity index is 957. The van der Waals surface area contributed by atoms with Gasteiger partial charge in [0.25, 0.3) is 0 Å². The summed E-state index contributed by atoms with van der Waals surface area (Å²) < 4.78 is 0. The lowest BCUT2D eigenvalue weighted by atomic mass is 10.0. The summed E-state index contributed by atoms with van der Waals surface area (Å²) in [6.45, 7) is 1.83. The zero-order chi connectivity index (χ0) is 17.1. The highest BCUT2D eigenvalue weighted by Crippen LogP contribution is 2.21. The molecule has 0 aliphatic rings. The molecule has 0 spiro atoms. The van der Waals surface area contributed by atoms with Crippen LogP contribution in [0, 0.1) is 0 Å². The van der Waals surface area contributed by atoms with E-state index in [-0.39, 0.29) is 11.4 Å². The molecule has 3 aromatic rings. The number of aromatic nitrogens is 2. The van der Waals surface area contributed by atoms with E-state index < -0.39 is 11.9 Å². The first-order chi connectivity index (χ1) is 11.5. The fraction of sp³-hybridized carbons (Fsp3) is 0.0556. The maximum atomic E-state index is 12.1. The van der Waals surface area contributed by atoms with E-state index in [9.17, 15) is 9.59 Å². The molecular formula is C18H15N3O3. The normalized spacial score (nSPS) is 11.5. The number of allylic oxidation sites excluding steroid dienone is 1. The molecule has 1 aromatic heterocycles. The number of fused-ring (bicyclic) bond motifs is 1. The van der Waals surface area contributed by atoms with E-state index in [1.54, 1.807) is 0 Å². The largest absolute Gasteiger partial charge is 0.476 e. The van der Waals surface area contributed by atoms with E-state index in [0.717, 1.165) is 21.9 Å². The van der Waals surface area contributed by atoms with Crippen LogP contribution in [0.3, 0.4) is 0 Å². The number of anilines is 1. The van der Waals surface area contributed by atoms with Crippen molar-refractivity contribution in [1.82, 2.24) is 10.2 Å². The van der Waals surface area contributed by atoms with E-state index in [1.165, 1.54) is 12.3 Å². The van der Waals surface area contributed by atoms with Crippen molar-refractivity contribution >= 4 is 33.9 Å². The van der Waals surface area contributed by atoms with E-state index in [0.29, 0.717) is 0 Å². The Morgan fingerprint density at radius 3 is 2.67 bits per heavy atom. The molecule has 24 heavy (non-hydrogen) atoms. The summed E-state index contributed by atoms with van der Waals surface area (Å²) in [4.78, 5) is 23.1. The van der Waals surface area contributed by atoms with Crippen LogP contribution in [0.15, 0.2) is 54.7 Å².